The van der Waals surface area contributed by atoms with Gasteiger partial charge in [0.15, 0.2) is 0 Å². The maximum Gasteiger partial charge on any atom is 0.221 e. The highest BCUT2D eigenvalue weighted by molar-refractivity contribution is 5.88. The van der Waals surface area contributed by atoms with Gasteiger partial charge in [-0.3, -0.25) is 9.69 Å². The van der Waals surface area contributed by atoms with Crippen LogP contribution in [0, 0.1) is 0 Å². The number of nitrogens with zero attached hydrogens (tertiary/aromatic N) is 1. The fraction of sp³-hybridized carbons (Fsp3) is 0.364. The molecule has 1 fully saturated rings. The van der Waals surface area contributed by atoms with E-state index >= 15 is 0 Å². The molecule has 6 heteroatoms. The predicted octanol–water partition coefficient (Wildman–Crippen LogP) is 6.05. The molecule has 1 aliphatic heterocycles. The molecule has 3 aromatic carbocycles. The van der Waals surface area contributed by atoms with Gasteiger partial charge in [-0.05, 0) is 42.0 Å². The first kappa shape index (κ1) is 26.8. The number of piperidine rings is 1. The lowest BCUT2D eigenvalue weighted by Gasteiger charge is -2.32. The number of benzene rings is 3. The number of methoxy groups -OCH3 is 2. The van der Waals surface area contributed by atoms with Crippen LogP contribution in [0.2, 0.25) is 0 Å². The third-order valence-electron chi connectivity index (χ3n) is 8.00. The number of likely N-dealkylation sites (tertiary alicyclic amines) is 1. The van der Waals surface area contributed by atoms with Crippen molar-refractivity contribution in [2.24, 2.45) is 0 Å². The maximum atomic E-state index is 13.5. The zero-order chi connectivity index (χ0) is 27.2. The minimum Gasteiger partial charge on any atom is -0.497 e. The number of nitrogens with one attached hydrogen (secondary N) is 2. The molecule has 1 aromatic heterocycles. The number of carbonyl (C=O) groups excluding carboxylic acids is 1. The van der Waals surface area contributed by atoms with Gasteiger partial charge >= 0.3 is 0 Å². The molecule has 1 saturated heterocycles. The van der Waals surface area contributed by atoms with E-state index in [2.05, 4.69) is 76.9 Å². The lowest BCUT2D eigenvalue weighted by Crippen LogP contribution is -2.44. The molecule has 1 amide bonds. The van der Waals surface area contributed by atoms with E-state index in [1.54, 1.807) is 14.2 Å². The highest BCUT2D eigenvalue weighted by Gasteiger charge is 2.27. The average molecular weight is 526 g/mol. The van der Waals surface area contributed by atoms with E-state index in [1.807, 2.05) is 18.2 Å². The molecular weight excluding hydrogens is 486 g/mol. The topological polar surface area (TPSA) is 66.6 Å². The zero-order valence-corrected chi connectivity index (χ0v) is 23.2. The molecule has 0 radical (unpaired) electrons. The van der Waals surface area contributed by atoms with Crippen molar-refractivity contribution in [3.8, 4) is 11.5 Å². The molecule has 0 spiro atoms. The van der Waals surface area contributed by atoms with Gasteiger partial charge in [0.2, 0.25) is 5.91 Å². The van der Waals surface area contributed by atoms with Crippen LogP contribution in [0.25, 0.3) is 10.9 Å². The Balaban J connectivity index is 1.34. The Morgan fingerprint density at radius 2 is 1.79 bits per heavy atom. The number of fused-ring (bicyclic) bond motifs is 1. The number of aromatic amines is 1. The summed E-state index contributed by atoms with van der Waals surface area (Å²) in [6, 6.07) is 23.0. The van der Waals surface area contributed by atoms with Crippen LogP contribution in [-0.4, -0.2) is 49.1 Å². The number of hydrogen-bond acceptors (Lipinski definition) is 4. The number of para-hydroxylation sites is 1. The quantitative estimate of drug-likeness (QED) is 0.265. The maximum absolute atomic E-state index is 13.5. The molecule has 2 N–H and O–H groups in total. The van der Waals surface area contributed by atoms with Crippen LogP contribution in [0.5, 0.6) is 11.5 Å². The molecule has 1 aliphatic rings. The summed E-state index contributed by atoms with van der Waals surface area (Å²) in [7, 11) is 3.32. The summed E-state index contributed by atoms with van der Waals surface area (Å²) in [5.74, 6) is 1.36. The van der Waals surface area contributed by atoms with Crippen molar-refractivity contribution in [3.05, 3.63) is 95.2 Å². The number of rotatable bonds is 10. The Bertz CT molecular complexity index is 1390. The molecular formula is C33H39N3O3. The normalized spacial score (nSPS) is 15.3. The summed E-state index contributed by atoms with van der Waals surface area (Å²) in [5.41, 5.74) is 5.83. The van der Waals surface area contributed by atoms with Crippen LogP contribution in [0.15, 0.2) is 72.9 Å². The van der Waals surface area contributed by atoms with Crippen LogP contribution >= 0.6 is 0 Å². The van der Waals surface area contributed by atoms with E-state index in [-0.39, 0.29) is 17.9 Å². The third-order valence-corrected chi connectivity index (χ3v) is 8.00. The van der Waals surface area contributed by atoms with Gasteiger partial charge in [0.05, 0.1) is 14.2 Å². The van der Waals surface area contributed by atoms with Crippen molar-refractivity contribution < 1.29 is 14.3 Å². The Hall–Kier alpha value is -3.77. The van der Waals surface area contributed by atoms with E-state index < -0.39 is 0 Å². The van der Waals surface area contributed by atoms with Gasteiger partial charge < -0.3 is 19.8 Å². The molecule has 0 bridgehead atoms. The van der Waals surface area contributed by atoms with Crippen molar-refractivity contribution >= 4 is 16.8 Å². The van der Waals surface area contributed by atoms with Crippen LogP contribution in [0.1, 0.15) is 54.4 Å². The number of amides is 1. The van der Waals surface area contributed by atoms with E-state index in [1.165, 1.54) is 11.1 Å². The SMILES string of the molecule is CCc1cccc2c(C(CC(=O)NC3CCN(Cc4ccccc4)CC3)c3ccc(OC)cc3OC)c[nH]c12. The van der Waals surface area contributed by atoms with Crippen LogP contribution in [-0.2, 0) is 17.8 Å². The van der Waals surface area contributed by atoms with Crippen molar-refractivity contribution in [3.63, 3.8) is 0 Å². The number of aromatic nitrogens is 1. The number of H-pyrrole nitrogens is 1. The second-order valence-electron chi connectivity index (χ2n) is 10.4. The van der Waals surface area contributed by atoms with Crippen molar-refractivity contribution in [2.45, 2.75) is 51.1 Å². The van der Waals surface area contributed by atoms with E-state index in [0.29, 0.717) is 6.42 Å². The van der Waals surface area contributed by atoms with Crippen molar-refractivity contribution in [1.82, 2.24) is 15.2 Å². The highest BCUT2D eigenvalue weighted by atomic mass is 16.5. The fourth-order valence-electron chi connectivity index (χ4n) is 5.86. The number of ether oxygens (including phenoxy) is 2. The third kappa shape index (κ3) is 6.12. The first-order valence-corrected chi connectivity index (χ1v) is 14.0. The Kier molecular flexibility index (Phi) is 8.52. The van der Waals surface area contributed by atoms with Gasteiger partial charge in [-0.25, -0.2) is 0 Å². The summed E-state index contributed by atoms with van der Waals surface area (Å²) in [6.07, 6.45) is 5.27. The smallest absolute Gasteiger partial charge is 0.221 e. The second-order valence-corrected chi connectivity index (χ2v) is 10.4. The van der Waals surface area contributed by atoms with Crippen LogP contribution in [0.4, 0.5) is 0 Å². The molecule has 0 saturated carbocycles. The Morgan fingerprint density at radius 3 is 2.51 bits per heavy atom. The largest absolute Gasteiger partial charge is 0.497 e. The second kappa shape index (κ2) is 12.4. The van der Waals surface area contributed by atoms with Gasteiger partial charge in [-0.15, -0.1) is 0 Å². The average Bonchev–Trinajstić information content (AvgIpc) is 3.41. The summed E-state index contributed by atoms with van der Waals surface area (Å²) in [6.45, 7) is 5.09. The first-order chi connectivity index (χ1) is 19.1. The first-order valence-electron chi connectivity index (χ1n) is 14.0. The van der Waals surface area contributed by atoms with Crippen LogP contribution < -0.4 is 14.8 Å². The number of hydrogen-bond donors (Lipinski definition) is 2. The molecule has 39 heavy (non-hydrogen) atoms. The molecule has 5 rings (SSSR count). The Labute approximate surface area is 231 Å². The lowest BCUT2D eigenvalue weighted by atomic mass is 9.86. The zero-order valence-electron chi connectivity index (χ0n) is 23.2. The number of carbonyl (C=O) groups is 1. The van der Waals surface area contributed by atoms with Gasteiger partial charge in [0.25, 0.3) is 0 Å². The van der Waals surface area contributed by atoms with Gasteiger partial charge in [0, 0.05) is 66.7 Å². The summed E-state index contributed by atoms with van der Waals surface area (Å²) in [4.78, 5) is 19.5. The van der Waals surface area contributed by atoms with E-state index in [0.717, 1.165) is 72.4 Å². The molecule has 204 valence electrons. The Morgan fingerprint density at radius 1 is 1.00 bits per heavy atom. The van der Waals surface area contributed by atoms with Crippen molar-refractivity contribution in [2.75, 3.05) is 27.3 Å². The minimum absolute atomic E-state index is 0.0698. The monoisotopic (exact) mass is 525 g/mol. The predicted molar refractivity (Wildman–Crippen MR) is 157 cm³/mol. The van der Waals surface area contributed by atoms with Gasteiger partial charge in [-0.2, -0.15) is 0 Å². The summed E-state index contributed by atoms with van der Waals surface area (Å²) < 4.78 is 11.2. The molecule has 1 unspecified atom stereocenters. The standard InChI is InChI=1S/C33H39N3O3/c1-4-24-11-8-12-28-30(21-34-33(24)28)29(27-14-13-26(38-2)19-31(27)39-3)20-32(37)35-25-15-17-36(18-16-25)22-23-9-6-5-7-10-23/h5-14,19,21,25,29,34H,4,15-18,20,22H2,1-3H3,(H,35,37). The fourth-order valence-corrected chi connectivity index (χ4v) is 5.86. The molecule has 2 heterocycles. The molecule has 1 atom stereocenters. The van der Waals surface area contributed by atoms with Gasteiger partial charge in [0.1, 0.15) is 11.5 Å². The van der Waals surface area contributed by atoms with Gasteiger partial charge in [-0.1, -0.05) is 61.5 Å². The molecule has 4 aromatic rings. The van der Waals surface area contributed by atoms with Crippen LogP contribution in [0.3, 0.4) is 0 Å². The van der Waals surface area contributed by atoms with E-state index in [4.69, 9.17) is 9.47 Å². The molecule has 0 aliphatic carbocycles. The van der Waals surface area contributed by atoms with Crippen molar-refractivity contribution in [1.29, 1.82) is 0 Å². The summed E-state index contributed by atoms with van der Waals surface area (Å²) >= 11 is 0. The lowest BCUT2D eigenvalue weighted by molar-refractivity contribution is -0.122. The van der Waals surface area contributed by atoms with E-state index in [9.17, 15) is 4.79 Å². The molecule has 6 nitrogen and oxygen atoms in total. The highest BCUT2D eigenvalue weighted by Crippen LogP contribution is 2.40. The number of aryl methyl sites for hydroxylation is 1. The summed E-state index contributed by atoms with van der Waals surface area (Å²) in [5, 5.41) is 4.51. The minimum atomic E-state index is -0.162.